The molecule has 0 saturated carbocycles. The van der Waals surface area contributed by atoms with Crippen molar-refractivity contribution < 1.29 is 0 Å². The van der Waals surface area contributed by atoms with Gasteiger partial charge in [-0.15, -0.1) is 0 Å². The third-order valence-electron chi connectivity index (χ3n) is 3.04. The van der Waals surface area contributed by atoms with Crippen LogP contribution in [0.25, 0.3) is 22.4 Å². The molecule has 0 unspecified atom stereocenters. The van der Waals surface area contributed by atoms with Gasteiger partial charge in [0.25, 0.3) is 0 Å². The Labute approximate surface area is 119 Å². The van der Waals surface area contributed by atoms with Gasteiger partial charge in [-0.3, -0.25) is 0 Å². The Morgan fingerprint density at radius 3 is 2.79 bits per heavy atom. The Morgan fingerprint density at radius 1 is 1.21 bits per heavy atom. The van der Waals surface area contributed by atoms with Crippen molar-refractivity contribution in [1.29, 1.82) is 5.26 Å². The van der Waals surface area contributed by atoms with Crippen LogP contribution in [0.5, 0.6) is 0 Å². The number of aryl methyl sites for hydroxylation is 1. The zero-order chi connectivity index (χ0) is 13.4. The molecule has 1 heterocycles. The standard InChI is InChI=1S/C15H10BrN3/c1-9-6-11(3-4-12(9)16)15-18-13-5-2-10(8-17)7-14(13)19-15/h2-7H,1H3,(H,18,19). The predicted molar refractivity (Wildman–Crippen MR) is 78.7 cm³/mol. The fraction of sp³-hybridized carbons (Fsp3) is 0.0667. The van der Waals surface area contributed by atoms with Crippen molar-refractivity contribution in [2.45, 2.75) is 6.92 Å². The molecule has 1 aromatic heterocycles. The summed E-state index contributed by atoms with van der Waals surface area (Å²) in [7, 11) is 0. The number of halogens is 1. The molecule has 0 atom stereocenters. The highest BCUT2D eigenvalue weighted by molar-refractivity contribution is 9.10. The molecule has 19 heavy (non-hydrogen) atoms. The number of aromatic amines is 1. The Kier molecular flexibility index (Phi) is 2.84. The maximum atomic E-state index is 8.90. The van der Waals surface area contributed by atoms with Gasteiger partial charge in [0.2, 0.25) is 0 Å². The van der Waals surface area contributed by atoms with Crippen LogP contribution >= 0.6 is 15.9 Å². The maximum absolute atomic E-state index is 8.90. The fourth-order valence-corrected chi connectivity index (χ4v) is 2.25. The van der Waals surface area contributed by atoms with Crippen molar-refractivity contribution in [3.05, 3.63) is 52.0 Å². The second-order valence-corrected chi connectivity index (χ2v) is 5.25. The Balaban J connectivity index is 2.15. The van der Waals surface area contributed by atoms with Crippen molar-refractivity contribution in [3.63, 3.8) is 0 Å². The summed E-state index contributed by atoms with van der Waals surface area (Å²) >= 11 is 3.49. The van der Waals surface area contributed by atoms with Gasteiger partial charge in [-0.2, -0.15) is 5.26 Å². The van der Waals surface area contributed by atoms with Crippen LogP contribution in [0.3, 0.4) is 0 Å². The summed E-state index contributed by atoms with van der Waals surface area (Å²) in [5, 5.41) is 8.90. The molecule has 0 fully saturated rings. The molecule has 0 saturated heterocycles. The Hall–Kier alpha value is -2.12. The normalized spacial score (nSPS) is 10.6. The van der Waals surface area contributed by atoms with Crippen molar-refractivity contribution in [2.24, 2.45) is 0 Å². The first-order valence-corrected chi connectivity index (χ1v) is 6.63. The number of nitriles is 1. The second-order valence-electron chi connectivity index (χ2n) is 4.39. The van der Waals surface area contributed by atoms with E-state index in [4.69, 9.17) is 5.26 Å². The minimum absolute atomic E-state index is 0.634. The van der Waals surface area contributed by atoms with E-state index in [9.17, 15) is 0 Å². The van der Waals surface area contributed by atoms with Crippen LogP contribution in [0, 0.1) is 18.3 Å². The molecule has 0 bridgehead atoms. The monoisotopic (exact) mass is 311 g/mol. The molecular weight excluding hydrogens is 302 g/mol. The summed E-state index contributed by atoms with van der Waals surface area (Å²) in [5.41, 5.74) is 4.59. The zero-order valence-corrected chi connectivity index (χ0v) is 11.8. The van der Waals surface area contributed by atoms with Crippen LogP contribution in [-0.2, 0) is 0 Å². The zero-order valence-electron chi connectivity index (χ0n) is 10.2. The summed E-state index contributed by atoms with van der Waals surface area (Å²) in [6.45, 7) is 2.05. The van der Waals surface area contributed by atoms with Crippen LogP contribution in [0.15, 0.2) is 40.9 Å². The Bertz CT molecular complexity index is 812. The summed E-state index contributed by atoms with van der Waals surface area (Å²) in [4.78, 5) is 7.80. The van der Waals surface area contributed by atoms with Gasteiger partial charge in [-0.1, -0.05) is 22.0 Å². The van der Waals surface area contributed by atoms with E-state index in [1.165, 1.54) is 0 Å². The van der Waals surface area contributed by atoms with E-state index in [-0.39, 0.29) is 0 Å². The van der Waals surface area contributed by atoms with Crippen LogP contribution in [0.4, 0.5) is 0 Å². The van der Waals surface area contributed by atoms with E-state index in [0.29, 0.717) is 5.56 Å². The van der Waals surface area contributed by atoms with E-state index < -0.39 is 0 Å². The molecule has 0 radical (unpaired) electrons. The number of rotatable bonds is 1. The molecule has 3 rings (SSSR count). The number of nitrogens with one attached hydrogen (secondary N) is 1. The highest BCUT2D eigenvalue weighted by Gasteiger charge is 2.07. The minimum atomic E-state index is 0.634. The van der Waals surface area contributed by atoms with E-state index in [2.05, 4.69) is 38.0 Å². The van der Waals surface area contributed by atoms with E-state index in [1.807, 2.05) is 31.2 Å². The number of benzene rings is 2. The van der Waals surface area contributed by atoms with Gasteiger partial charge >= 0.3 is 0 Å². The van der Waals surface area contributed by atoms with Crippen LogP contribution in [0.1, 0.15) is 11.1 Å². The summed E-state index contributed by atoms with van der Waals surface area (Å²) in [6.07, 6.45) is 0. The largest absolute Gasteiger partial charge is 0.338 e. The molecule has 0 spiro atoms. The molecule has 3 aromatic rings. The van der Waals surface area contributed by atoms with Gasteiger partial charge in [0.1, 0.15) is 5.82 Å². The SMILES string of the molecule is Cc1cc(-c2nc3ccc(C#N)cc3[nH]2)ccc1Br. The van der Waals surface area contributed by atoms with E-state index in [0.717, 1.165) is 32.5 Å². The first-order valence-electron chi connectivity index (χ1n) is 5.84. The van der Waals surface area contributed by atoms with Gasteiger partial charge < -0.3 is 4.98 Å². The third kappa shape index (κ3) is 2.13. The minimum Gasteiger partial charge on any atom is -0.338 e. The predicted octanol–water partition coefficient (Wildman–Crippen LogP) is 4.17. The lowest BCUT2D eigenvalue weighted by Gasteiger charge is -2.00. The maximum Gasteiger partial charge on any atom is 0.138 e. The number of hydrogen-bond donors (Lipinski definition) is 1. The molecule has 3 nitrogen and oxygen atoms in total. The van der Waals surface area contributed by atoms with Gasteiger partial charge in [-0.25, -0.2) is 4.98 Å². The lowest BCUT2D eigenvalue weighted by Crippen LogP contribution is -1.82. The van der Waals surface area contributed by atoms with Crippen molar-refractivity contribution in [2.75, 3.05) is 0 Å². The number of fused-ring (bicyclic) bond motifs is 1. The van der Waals surface area contributed by atoms with Crippen LogP contribution < -0.4 is 0 Å². The lowest BCUT2D eigenvalue weighted by molar-refractivity contribution is 1.32. The number of imidazole rings is 1. The van der Waals surface area contributed by atoms with Gasteiger partial charge in [0, 0.05) is 10.0 Å². The quantitative estimate of drug-likeness (QED) is 0.733. The molecule has 0 aliphatic rings. The molecule has 1 N–H and O–H groups in total. The first-order chi connectivity index (χ1) is 9.17. The Morgan fingerprint density at radius 2 is 2.05 bits per heavy atom. The van der Waals surface area contributed by atoms with Crippen molar-refractivity contribution >= 4 is 27.0 Å². The van der Waals surface area contributed by atoms with Gasteiger partial charge in [0.15, 0.2) is 0 Å². The molecule has 0 amide bonds. The van der Waals surface area contributed by atoms with Crippen molar-refractivity contribution in [3.8, 4) is 17.5 Å². The van der Waals surface area contributed by atoms with Crippen LogP contribution in [-0.4, -0.2) is 9.97 Å². The third-order valence-corrected chi connectivity index (χ3v) is 3.93. The fourth-order valence-electron chi connectivity index (χ4n) is 2.01. The summed E-state index contributed by atoms with van der Waals surface area (Å²) in [5.74, 6) is 0.820. The molecule has 4 heteroatoms. The molecule has 2 aromatic carbocycles. The number of H-pyrrole nitrogens is 1. The number of aromatic nitrogens is 2. The topological polar surface area (TPSA) is 52.5 Å². The average molecular weight is 312 g/mol. The lowest BCUT2D eigenvalue weighted by atomic mass is 10.1. The highest BCUT2D eigenvalue weighted by atomic mass is 79.9. The molecule has 92 valence electrons. The average Bonchev–Trinajstić information content (AvgIpc) is 2.84. The smallest absolute Gasteiger partial charge is 0.138 e. The van der Waals surface area contributed by atoms with E-state index in [1.54, 1.807) is 6.07 Å². The van der Waals surface area contributed by atoms with Crippen LogP contribution in [0.2, 0.25) is 0 Å². The number of hydrogen-bond acceptors (Lipinski definition) is 2. The number of nitrogens with zero attached hydrogens (tertiary/aromatic N) is 2. The first kappa shape index (κ1) is 11.9. The van der Waals surface area contributed by atoms with Crippen molar-refractivity contribution in [1.82, 2.24) is 9.97 Å². The molecule has 0 aliphatic carbocycles. The molecule has 0 aliphatic heterocycles. The van der Waals surface area contributed by atoms with Gasteiger partial charge in [-0.05, 0) is 42.8 Å². The second kappa shape index (κ2) is 4.52. The summed E-state index contributed by atoms with van der Waals surface area (Å²) < 4.78 is 1.08. The van der Waals surface area contributed by atoms with E-state index >= 15 is 0 Å². The molecular formula is C15H10BrN3. The summed E-state index contributed by atoms with van der Waals surface area (Å²) in [6, 6.07) is 13.7. The van der Waals surface area contributed by atoms with Gasteiger partial charge in [0.05, 0.1) is 22.7 Å². The highest BCUT2D eigenvalue weighted by Crippen LogP contribution is 2.25.